The smallest absolute Gasteiger partial charge is 0.0346 e. The maximum atomic E-state index is 6.24. The van der Waals surface area contributed by atoms with Crippen LogP contribution in [-0.2, 0) is 0 Å². The number of hydrogen-bond acceptors (Lipinski definition) is 0. The van der Waals surface area contributed by atoms with E-state index in [0.29, 0.717) is 16.2 Å². The summed E-state index contributed by atoms with van der Waals surface area (Å²) in [5, 5.41) is 0. The average molecular weight is 357 g/mol. The first kappa shape index (κ1) is 16.6. The van der Waals surface area contributed by atoms with Crippen LogP contribution < -0.4 is 0 Å². The van der Waals surface area contributed by atoms with Crippen molar-refractivity contribution in [3.05, 3.63) is 0 Å². The van der Waals surface area contributed by atoms with Gasteiger partial charge in [-0.25, -0.2) is 0 Å². The molecule has 0 N–H and O–H groups in total. The largest absolute Gasteiger partial charge is 0.120 e. The molecule has 8 saturated carbocycles. The monoisotopic (exact) mass is 356 g/mol. The van der Waals surface area contributed by atoms with Crippen molar-refractivity contribution in [1.82, 2.24) is 0 Å². The van der Waals surface area contributed by atoms with E-state index in [9.17, 15) is 0 Å². The molecular formula is C27H32. The van der Waals surface area contributed by atoms with Crippen LogP contribution in [0, 0.1) is 81.4 Å². The molecule has 0 saturated heterocycles. The molecule has 27 heavy (non-hydrogen) atoms. The number of hydrogen-bond donors (Lipinski definition) is 0. The van der Waals surface area contributed by atoms with E-state index in [1.54, 1.807) is 0 Å². The second kappa shape index (κ2) is 4.46. The lowest BCUT2D eigenvalue weighted by Crippen LogP contribution is -2.68. The van der Waals surface area contributed by atoms with Crippen LogP contribution in [0.2, 0.25) is 0 Å². The van der Waals surface area contributed by atoms with Crippen LogP contribution in [-0.4, -0.2) is 0 Å². The van der Waals surface area contributed by atoms with Gasteiger partial charge in [-0.15, -0.1) is 19.3 Å². The summed E-state index contributed by atoms with van der Waals surface area (Å²) >= 11 is 0. The van der Waals surface area contributed by atoms with Crippen molar-refractivity contribution >= 4 is 0 Å². The first-order chi connectivity index (χ1) is 12.7. The van der Waals surface area contributed by atoms with Gasteiger partial charge in [-0.1, -0.05) is 24.7 Å². The third-order valence-electron chi connectivity index (χ3n) is 10.5. The minimum atomic E-state index is -0.0439. The van der Waals surface area contributed by atoms with Gasteiger partial charge < -0.3 is 0 Å². The summed E-state index contributed by atoms with van der Waals surface area (Å²) < 4.78 is 0. The van der Waals surface area contributed by atoms with Gasteiger partial charge in [0.25, 0.3) is 0 Å². The highest BCUT2D eigenvalue weighted by atomic mass is 14.8. The Balaban J connectivity index is 1.54. The van der Waals surface area contributed by atoms with Crippen molar-refractivity contribution in [2.75, 3.05) is 0 Å². The van der Waals surface area contributed by atoms with Gasteiger partial charge >= 0.3 is 0 Å². The Bertz CT molecular complexity index is 754. The van der Waals surface area contributed by atoms with Gasteiger partial charge in [0.05, 0.1) is 0 Å². The van der Waals surface area contributed by atoms with Gasteiger partial charge in [-0.05, 0) is 105 Å². The van der Waals surface area contributed by atoms with Gasteiger partial charge in [-0.3, -0.25) is 0 Å². The molecule has 0 radical (unpaired) electrons. The van der Waals surface area contributed by atoms with E-state index < -0.39 is 0 Å². The van der Waals surface area contributed by atoms with Gasteiger partial charge in [-0.2, -0.15) is 0 Å². The van der Waals surface area contributed by atoms with Gasteiger partial charge in [0.1, 0.15) is 0 Å². The van der Waals surface area contributed by atoms with Crippen molar-refractivity contribution < 1.29 is 0 Å². The Morgan fingerprint density at radius 3 is 1.41 bits per heavy atom. The highest BCUT2D eigenvalue weighted by Crippen LogP contribution is 2.82. The third kappa shape index (κ3) is 1.86. The molecule has 0 heteroatoms. The molecule has 0 aliphatic heterocycles. The summed E-state index contributed by atoms with van der Waals surface area (Å²) in [7, 11) is 0. The standard InChI is InChI=1S/C27H32/c1-5-23-14-24(6-2)16-25(7-3,15-23)19-27(17-23,18-24)26-11-20-8-21(12-26)10-22(4,9-20)13-26/h1-3,20-21H,8-19H2,4H3. The van der Waals surface area contributed by atoms with Crippen LogP contribution in [0.25, 0.3) is 0 Å². The molecular weight excluding hydrogens is 324 g/mol. The van der Waals surface area contributed by atoms with Gasteiger partial charge in [0.2, 0.25) is 0 Å². The molecule has 0 amide bonds. The van der Waals surface area contributed by atoms with E-state index in [2.05, 4.69) is 24.7 Å². The lowest BCUT2D eigenvalue weighted by Gasteiger charge is -2.76. The molecule has 8 aliphatic rings. The second-order valence-electron chi connectivity index (χ2n) is 12.7. The zero-order chi connectivity index (χ0) is 18.8. The van der Waals surface area contributed by atoms with Crippen LogP contribution in [0.4, 0.5) is 0 Å². The fourth-order valence-electron chi connectivity index (χ4n) is 11.0. The van der Waals surface area contributed by atoms with E-state index in [4.69, 9.17) is 19.3 Å². The fraction of sp³-hybridized carbons (Fsp3) is 0.778. The van der Waals surface area contributed by atoms with Crippen molar-refractivity contribution in [1.29, 1.82) is 0 Å². The molecule has 8 bridgehead atoms. The van der Waals surface area contributed by atoms with E-state index in [0.717, 1.165) is 31.1 Å². The Labute approximate surface area is 165 Å². The highest BCUT2D eigenvalue weighted by molar-refractivity contribution is 5.35. The van der Waals surface area contributed by atoms with E-state index in [1.807, 2.05) is 0 Å². The van der Waals surface area contributed by atoms with E-state index in [1.165, 1.54) is 57.8 Å². The van der Waals surface area contributed by atoms with Crippen LogP contribution in [0.15, 0.2) is 0 Å². The quantitative estimate of drug-likeness (QED) is 0.519. The lowest BCUT2D eigenvalue weighted by molar-refractivity contribution is -0.248. The minimum Gasteiger partial charge on any atom is -0.120 e. The summed E-state index contributed by atoms with van der Waals surface area (Å²) in [5.41, 5.74) is 1.18. The van der Waals surface area contributed by atoms with Crippen molar-refractivity contribution in [2.24, 2.45) is 44.3 Å². The zero-order valence-electron chi connectivity index (χ0n) is 16.9. The maximum absolute atomic E-state index is 6.24. The molecule has 8 aliphatic carbocycles. The molecule has 0 nitrogen and oxygen atoms in total. The first-order valence-electron chi connectivity index (χ1n) is 11.2. The Morgan fingerprint density at radius 1 is 0.593 bits per heavy atom. The molecule has 0 aromatic heterocycles. The minimum absolute atomic E-state index is 0.0439. The SMILES string of the molecule is C#CC12CC3(C#C)CC(C#C)(C1)CC(C14CC5CC(CC(C)(C5)C1)C4)(C2)C3. The molecule has 0 aromatic carbocycles. The predicted octanol–water partition coefficient (Wildman–Crippen LogP) is 5.82. The molecule has 8 fully saturated rings. The highest BCUT2D eigenvalue weighted by Gasteiger charge is 2.74. The van der Waals surface area contributed by atoms with Crippen LogP contribution >= 0.6 is 0 Å². The predicted molar refractivity (Wildman–Crippen MR) is 109 cm³/mol. The van der Waals surface area contributed by atoms with Crippen molar-refractivity contribution in [2.45, 2.75) is 84.0 Å². The molecule has 8 rings (SSSR count). The molecule has 2 atom stereocenters. The summed E-state index contributed by atoms with van der Waals surface area (Å²) in [5.74, 6) is 11.8. The normalized spacial score (nSPS) is 62.0. The van der Waals surface area contributed by atoms with Gasteiger partial charge in [0.15, 0.2) is 0 Å². The zero-order valence-corrected chi connectivity index (χ0v) is 16.9. The molecule has 0 heterocycles. The topological polar surface area (TPSA) is 0 Å². The Morgan fingerprint density at radius 2 is 1.04 bits per heavy atom. The van der Waals surface area contributed by atoms with E-state index in [-0.39, 0.29) is 16.2 Å². The fourth-order valence-corrected chi connectivity index (χ4v) is 11.0. The van der Waals surface area contributed by atoms with Crippen molar-refractivity contribution in [3.63, 3.8) is 0 Å². The summed E-state index contributed by atoms with van der Waals surface area (Å²) in [4.78, 5) is 0. The maximum Gasteiger partial charge on any atom is 0.0346 e. The molecule has 0 aromatic rings. The lowest BCUT2D eigenvalue weighted by atomic mass is 9.27. The number of terminal acetylenes is 3. The van der Waals surface area contributed by atoms with Crippen molar-refractivity contribution in [3.8, 4) is 37.0 Å². The average Bonchev–Trinajstić information content (AvgIpc) is 2.59. The van der Waals surface area contributed by atoms with Gasteiger partial charge in [0, 0.05) is 16.2 Å². The first-order valence-corrected chi connectivity index (χ1v) is 11.2. The summed E-state index contributed by atoms with van der Waals surface area (Å²) in [6.07, 6.45) is 34.1. The van der Waals surface area contributed by atoms with Crippen LogP contribution in [0.5, 0.6) is 0 Å². The molecule has 0 spiro atoms. The Hall–Kier alpha value is -1.32. The number of rotatable bonds is 1. The van der Waals surface area contributed by atoms with Crippen LogP contribution in [0.3, 0.4) is 0 Å². The molecule has 2 unspecified atom stereocenters. The molecule has 140 valence electrons. The third-order valence-corrected chi connectivity index (χ3v) is 10.5. The summed E-state index contributed by atoms with van der Waals surface area (Å²) in [6.45, 7) is 2.59. The van der Waals surface area contributed by atoms with Crippen LogP contribution in [0.1, 0.15) is 84.0 Å². The summed E-state index contributed by atoms with van der Waals surface area (Å²) in [6, 6.07) is 0. The second-order valence-corrected chi connectivity index (χ2v) is 12.7. The Kier molecular flexibility index (Phi) is 2.75. The van der Waals surface area contributed by atoms with E-state index >= 15 is 0 Å².